The minimum atomic E-state index is -1.10. The number of pyridine rings is 2. The van der Waals surface area contributed by atoms with Gasteiger partial charge < -0.3 is 5.11 Å². The zero-order valence-corrected chi connectivity index (χ0v) is 16.5. The van der Waals surface area contributed by atoms with Gasteiger partial charge in [0.15, 0.2) is 5.65 Å². The molecular weight excluding hydrogens is 383 g/mol. The Balaban J connectivity index is 2.18. The van der Waals surface area contributed by atoms with Gasteiger partial charge in [-0.3, -0.25) is 4.98 Å². The number of carboxylic acids is 1. The molecule has 0 bridgehead atoms. The molecule has 0 atom stereocenters. The third-order valence-corrected chi connectivity index (χ3v) is 4.81. The summed E-state index contributed by atoms with van der Waals surface area (Å²) < 4.78 is 16.5. The van der Waals surface area contributed by atoms with E-state index in [-0.39, 0.29) is 5.56 Å². The lowest BCUT2D eigenvalue weighted by Gasteiger charge is -2.15. The number of carbonyl (C=O) groups is 1. The molecule has 0 unspecified atom stereocenters. The van der Waals surface area contributed by atoms with E-state index < -0.39 is 11.8 Å². The number of aryl methyl sites for hydroxylation is 2. The van der Waals surface area contributed by atoms with E-state index in [4.69, 9.17) is 4.98 Å². The Morgan fingerprint density at radius 3 is 2.73 bits per heavy atom. The predicted octanol–water partition coefficient (Wildman–Crippen LogP) is 4.73. The molecule has 4 rings (SSSR count). The Labute approximate surface area is 172 Å². The molecule has 30 heavy (non-hydrogen) atoms. The largest absolute Gasteiger partial charge is 0.478 e. The van der Waals surface area contributed by atoms with Gasteiger partial charge in [-0.2, -0.15) is 5.10 Å². The van der Waals surface area contributed by atoms with Crippen LogP contribution < -0.4 is 0 Å². The van der Waals surface area contributed by atoms with Gasteiger partial charge in [-0.15, -0.1) is 0 Å². The first-order chi connectivity index (χ1) is 14.5. The molecule has 0 saturated carbocycles. The number of carboxylic acid groups (broad SMARTS) is 1. The Kier molecular flexibility index (Phi) is 5.10. The number of aromatic nitrogens is 4. The molecule has 6 nitrogen and oxygen atoms in total. The quantitative estimate of drug-likeness (QED) is 0.488. The number of hydrogen-bond acceptors (Lipinski definition) is 4. The highest BCUT2D eigenvalue weighted by Gasteiger charge is 2.21. The Morgan fingerprint density at radius 2 is 2.03 bits per heavy atom. The highest BCUT2D eigenvalue weighted by molar-refractivity contribution is 6.02. The van der Waals surface area contributed by atoms with E-state index in [0.717, 1.165) is 22.6 Å². The molecule has 0 spiro atoms. The van der Waals surface area contributed by atoms with Crippen LogP contribution in [0.5, 0.6) is 0 Å². The van der Waals surface area contributed by atoms with Crippen molar-refractivity contribution in [2.45, 2.75) is 20.4 Å². The van der Waals surface area contributed by atoms with Crippen molar-refractivity contribution < 1.29 is 14.3 Å². The molecule has 1 aromatic carbocycles. The van der Waals surface area contributed by atoms with Crippen LogP contribution in [-0.4, -0.2) is 30.8 Å². The van der Waals surface area contributed by atoms with Crippen molar-refractivity contribution in [2.75, 3.05) is 0 Å². The zero-order valence-electron chi connectivity index (χ0n) is 16.5. The lowest BCUT2D eigenvalue weighted by molar-refractivity contribution is -0.131. The van der Waals surface area contributed by atoms with E-state index in [1.807, 2.05) is 19.9 Å². The van der Waals surface area contributed by atoms with Crippen molar-refractivity contribution in [1.29, 1.82) is 0 Å². The number of rotatable bonds is 5. The Hall–Kier alpha value is -3.87. The molecule has 0 aliphatic carbocycles. The van der Waals surface area contributed by atoms with Gasteiger partial charge in [-0.1, -0.05) is 12.1 Å². The first kappa shape index (κ1) is 19.4. The standard InChI is InChI=1S/C23H19FN4O2/c1-3-28-23-18(13-26-28)21(15-10-14(2)11-25-12-15)17(8-9-20(29)30)22(27-23)16-6-4-5-7-19(16)24/h4-13H,3H2,1-2H3,(H,29,30). The summed E-state index contributed by atoms with van der Waals surface area (Å²) in [7, 11) is 0. The first-order valence-electron chi connectivity index (χ1n) is 9.47. The van der Waals surface area contributed by atoms with Crippen LogP contribution in [0.4, 0.5) is 4.39 Å². The Bertz CT molecular complexity index is 1290. The molecule has 0 amide bonds. The summed E-state index contributed by atoms with van der Waals surface area (Å²) in [5.41, 5.74) is 4.17. The van der Waals surface area contributed by atoms with Crippen molar-refractivity contribution in [2.24, 2.45) is 0 Å². The van der Waals surface area contributed by atoms with Gasteiger partial charge >= 0.3 is 5.97 Å². The van der Waals surface area contributed by atoms with E-state index in [9.17, 15) is 14.3 Å². The molecule has 0 aliphatic heterocycles. The maximum atomic E-state index is 14.7. The van der Waals surface area contributed by atoms with Crippen molar-refractivity contribution in [3.05, 3.63) is 71.9 Å². The molecule has 7 heteroatoms. The number of aliphatic carboxylic acids is 1. The van der Waals surface area contributed by atoms with Gasteiger partial charge in [0.05, 0.1) is 11.9 Å². The lowest BCUT2D eigenvalue weighted by Crippen LogP contribution is -2.02. The summed E-state index contributed by atoms with van der Waals surface area (Å²) in [6.45, 7) is 4.46. The van der Waals surface area contributed by atoms with Gasteiger partial charge in [0, 0.05) is 52.7 Å². The molecule has 0 fully saturated rings. The number of hydrogen-bond donors (Lipinski definition) is 1. The van der Waals surface area contributed by atoms with Crippen LogP contribution in [-0.2, 0) is 11.3 Å². The third kappa shape index (κ3) is 3.45. The monoisotopic (exact) mass is 402 g/mol. The summed E-state index contributed by atoms with van der Waals surface area (Å²) in [6.07, 6.45) is 7.63. The van der Waals surface area contributed by atoms with E-state index >= 15 is 0 Å². The van der Waals surface area contributed by atoms with Gasteiger partial charge in [-0.25, -0.2) is 18.9 Å². The second-order valence-corrected chi connectivity index (χ2v) is 6.85. The maximum absolute atomic E-state index is 14.7. The predicted molar refractivity (Wildman–Crippen MR) is 113 cm³/mol. The first-order valence-corrected chi connectivity index (χ1v) is 9.47. The lowest BCUT2D eigenvalue weighted by atomic mass is 9.93. The second-order valence-electron chi connectivity index (χ2n) is 6.85. The highest BCUT2D eigenvalue weighted by atomic mass is 19.1. The fourth-order valence-electron chi connectivity index (χ4n) is 3.51. The van der Waals surface area contributed by atoms with Gasteiger partial charge in [0.25, 0.3) is 0 Å². The Morgan fingerprint density at radius 1 is 1.23 bits per heavy atom. The zero-order chi connectivity index (χ0) is 21.3. The smallest absolute Gasteiger partial charge is 0.328 e. The van der Waals surface area contributed by atoms with Crippen LogP contribution >= 0.6 is 0 Å². The summed E-state index contributed by atoms with van der Waals surface area (Å²) in [5, 5.41) is 14.4. The third-order valence-electron chi connectivity index (χ3n) is 4.81. The van der Waals surface area contributed by atoms with Crippen LogP contribution in [0.1, 0.15) is 18.1 Å². The van der Waals surface area contributed by atoms with E-state index in [1.165, 1.54) is 12.1 Å². The van der Waals surface area contributed by atoms with Crippen molar-refractivity contribution in [1.82, 2.24) is 19.7 Å². The molecule has 0 saturated heterocycles. The fourth-order valence-corrected chi connectivity index (χ4v) is 3.51. The van der Waals surface area contributed by atoms with E-state index in [2.05, 4.69) is 10.1 Å². The average molecular weight is 402 g/mol. The fraction of sp³-hybridized carbons (Fsp3) is 0.130. The molecule has 3 aromatic heterocycles. The summed E-state index contributed by atoms with van der Waals surface area (Å²) in [4.78, 5) is 20.3. The second kappa shape index (κ2) is 7.87. The molecule has 0 aliphatic rings. The van der Waals surface area contributed by atoms with Crippen LogP contribution in [0.3, 0.4) is 0 Å². The van der Waals surface area contributed by atoms with Gasteiger partial charge in [0.1, 0.15) is 5.82 Å². The van der Waals surface area contributed by atoms with Crippen LogP contribution in [0.25, 0.3) is 39.5 Å². The van der Waals surface area contributed by atoms with Crippen molar-refractivity contribution in [3.8, 4) is 22.4 Å². The van der Waals surface area contributed by atoms with Gasteiger partial charge in [0.2, 0.25) is 0 Å². The minimum absolute atomic E-state index is 0.287. The molecular formula is C23H19FN4O2. The number of halogens is 1. The highest BCUT2D eigenvalue weighted by Crippen LogP contribution is 2.38. The molecule has 1 N–H and O–H groups in total. The number of fused-ring (bicyclic) bond motifs is 1. The van der Waals surface area contributed by atoms with E-state index in [0.29, 0.717) is 29.0 Å². The number of benzene rings is 1. The number of nitrogens with zero attached hydrogens (tertiary/aromatic N) is 4. The molecule has 3 heterocycles. The normalized spacial score (nSPS) is 11.4. The molecule has 0 radical (unpaired) electrons. The summed E-state index contributed by atoms with van der Waals surface area (Å²) in [5.74, 6) is -1.54. The summed E-state index contributed by atoms with van der Waals surface area (Å²) in [6, 6.07) is 8.27. The van der Waals surface area contributed by atoms with Crippen molar-refractivity contribution in [3.63, 3.8) is 0 Å². The van der Waals surface area contributed by atoms with Gasteiger partial charge in [-0.05, 0) is 43.7 Å². The van der Waals surface area contributed by atoms with Crippen LogP contribution in [0.15, 0.2) is 55.0 Å². The van der Waals surface area contributed by atoms with Crippen LogP contribution in [0, 0.1) is 12.7 Å². The SMILES string of the molecule is CCn1ncc2c(-c3cncc(C)c3)c(C=CC(=O)O)c(-c3ccccc3F)nc21. The van der Waals surface area contributed by atoms with Crippen LogP contribution in [0.2, 0.25) is 0 Å². The summed E-state index contributed by atoms with van der Waals surface area (Å²) >= 11 is 0. The maximum Gasteiger partial charge on any atom is 0.328 e. The topological polar surface area (TPSA) is 80.9 Å². The van der Waals surface area contributed by atoms with Crippen molar-refractivity contribution >= 4 is 23.1 Å². The molecule has 4 aromatic rings. The van der Waals surface area contributed by atoms with E-state index in [1.54, 1.807) is 41.5 Å². The average Bonchev–Trinajstić information content (AvgIpc) is 3.14. The molecule has 150 valence electrons. The minimum Gasteiger partial charge on any atom is -0.478 e.